The van der Waals surface area contributed by atoms with Gasteiger partial charge in [-0.2, -0.15) is 0 Å². The van der Waals surface area contributed by atoms with Crippen LogP contribution in [0.3, 0.4) is 0 Å². The predicted molar refractivity (Wildman–Crippen MR) is 60.4 cm³/mol. The molecule has 3 heteroatoms. The largest absolute Gasteiger partial charge is 0.468 e. The van der Waals surface area contributed by atoms with E-state index in [9.17, 15) is 0 Å². The van der Waals surface area contributed by atoms with E-state index < -0.39 is 0 Å². The molecule has 0 aliphatic heterocycles. The van der Waals surface area contributed by atoms with Crippen molar-refractivity contribution in [1.82, 2.24) is 0 Å². The molecule has 0 aliphatic rings. The first-order valence-electron chi connectivity index (χ1n) is 5.71. The molecule has 1 rings (SSSR count). The van der Waals surface area contributed by atoms with Crippen molar-refractivity contribution in [1.29, 1.82) is 0 Å². The monoisotopic (exact) mass is 211 g/mol. The molecule has 1 heterocycles. The molecule has 0 atom stereocenters. The highest BCUT2D eigenvalue weighted by Crippen LogP contribution is 2.11. The second kappa shape index (κ2) is 7.49. The van der Waals surface area contributed by atoms with Crippen molar-refractivity contribution in [2.45, 2.75) is 45.8 Å². The fraction of sp³-hybridized carbons (Fsp3) is 0.667. The maximum atomic E-state index is 5.55. The van der Waals surface area contributed by atoms with Crippen LogP contribution in [0.4, 0.5) is 0 Å². The Balaban J connectivity index is 2.09. The van der Waals surface area contributed by atoms with Crippen LogP contribution in [-0.4, -0.2) is 6.61 Å². The highest BCUT2D eigenvalue weighted by molar-refractivity contribution is 5.15. The van der Waals surface area contributed by atoms with Crippen LogP contribution < -0.4 is 5.73 Å². The average Bonchev–Trinajstić information content (AvgIpc) is 2.70. The molecule has 0 bridgehead atoms. The van der Waals surface area contributed by atoms with Gasteiger partial charge in [0, 0.05) is 12.2 Å². The van der Waals surface area contributed by atoms with E-state index in [4.69, 9.17) is 14.9 Å². The fourth-order valence-corrected chi connectivity index (χ4v) is 1.49. The Hall–Kier alpha value is -0.800. The van der Waals surface area contributed by atoms with Crippen LogP contribution in [-0.2, 0) is 17.9 Å². The molecule has 1 aromatic heterocycles. The summed E-state index contributed by atoms with van der Waals surface area (Å²) in [5.74, 6) is 0.837. The molecule has 0 aliphatic carbocycles. The topological polar surface area (TPSA) is 48.4 Å². The number of hydrogen-bond donors (Lipinski definition) is 1. The predicted octanol–water partition coefficient (Wildman–Crippen LogP) is 2.84. The highest BCUT2D eigenvalue weighted by Gasteiger charge is 2.03. The van der Waals surface area contributed by atoms with Crippen molar-refractivity contribution >= 4 is 0 Å². The molecule has 1 aromatic rings. The summed E-state index contributed by atoms with van der Waals surface area (Å²) in [7, 11) is 0. The molecule has 0 amide bonds. The molecular formula is C12H21NO2. The van der Waals surface area contributed by atoms with Crippen LogP contribution in [0.5, 0.6) is 0 Å². The minimum Gasteiger partial charge on any atom is -0.468 e. The highest BCUT2D eigenvalue weighted by atomic mass is 16.5. The molecule has 0 aromatic carbocycles. The second-order valence-corrected chi connectivity index (χ2v) is 3.69. The summed E-state index contributed by atoms with van der Waals surface area (Å²) in [6.45, 7) is 4.10. The summed E-state index contributed by atoms with van der Waals surface area (Å²) in [6, 6.07) is 1.92. The molecule has 0 spiro atoms. The number of hydrogen-bond acceptors (Lipinski definition) is 3. The summed E-state index contributed by atoms with van der Waals surface area (Å²) < 4.78 is 10.8. The van der Waals surface area contributed by atoms with E-state index in [1.54, 1.807) is 6.26 Å². The van der Waals surface area contributed by atoms with Crippen molar-refractivity contribution in [3.63, 3.8) is 0 Å². The Bertz CT molecular complexity index is 258. The van der Waals surface area contributed by atoms with Crippen molar-refractivity contribution in [2.75, 3.05) is 6.61 Å². The lowest BCUT2D eigenvalue weighted by atomic mass is 10.2. The minimum absolute atomic E-state index is 0.446. The molecule has 0 radical (unpaired) electrons. The van der Waals surface area contributed by atoms with Gasteiger partial charge in [0.05, 0.1) is 19.4 Å². The maximum absolute atomic E-state index is 5.55. The molecule has 3 nitrogen and oxygen atoms in total. The number of unbranched alkanes of at least 4 members (excludes halogenated alkanes) is 3. The Morgan fingerprint density at radius 3 is 2.93 bits per heavy atom. The van der Waals surface area contributed by atoms with Gasteiger partial charge in [-0.05, 0) is 12.5 Å². The quantitative estimate of drug-likeness (QED) is 0.673. The summed E-state index contributed by atoms with van der Waals surface area (Å²) in [4.78, 5) is 0. The number of ether oxygens (including phenoxy) is 1. The van der Waals surface area contributed by atoms with E-state index >= 15 is 0 Å². The standard InChI is InChI=1S/C12H21NO2/c1-2-3-4-5-7-14-10-11-6-8-15-12(11)9-13/h6,8H,2-5,7,9-10,13H2,1H3. The van der Waals surface area contributed by atoms with E-state index in [0.717, 1.165) is 24.4 Å². The molecule has 0 unspecified atom stereocenters. The van der Waals surface area contributed by atoms with E-state index in [2.05, 4.69) is 6.92 Å². The fourth-order valence-electron chi connectivity index (χ4n) is 1.49. The van der Waals surface area contributed by atoms with Gasteiger partial charge < -0.3 is 14.9 Å². The van der Waals surface area contributed by atoms with Crippen molar-refractivity contribution < 1.29 is 9.15 Å². The summed E-state index contributed by atoms with van der Waals surface area (Å²) >= 11 is 0. The van der Waals surface area contributed by atoms with E-state index in [1.165, 1.54) is 19.3 Å². The van der Waals surface area contributed by atoms with Crippen molar-refractivity contribution in [2.24, 2.45) is 5.73 Å². The smallest absolute Gasteiger partial charge is 0.122 e. The lowest BCUT2D eigenvalue weighted by Crippen LogP contribution is -2.01. The lowest BCUT2D eigenvalue weighted by Gasteiger charge is -2.03. The Morgan fingerprint density at radius 2 is 2.20 bits per heavy atom. The van der Waals surface area contributed by atoms with Gasteiger partial charge in [0.2, 0.25) is 0 Å². The van der Waals surface area contributed by atoms with Crippen LogP contribution >= 0.6 is 0 Å². The van der Waals surface area contributed by atoms with Gasteiger partial charge in [-0.3, -0.25) is 0 Å². The van der Waals surface area contributed by atoms with Gasteiger partial charge in [-0.15, -0.1) is 0 Å². The summed E-state index contributed by atoms with van der Waals surface area (Å²) in [5.41, 5.74) is 6.59. The van der Waals surface area contributed by atoms with Crippen LogP contribution in [0, 0.1) is 0 Å². The normalized spacial score (nSPS) is 10.8. The van der Waals surface area contributed by atoms with Gasteiger partial charge >= 0.3 is 0 Å². The van der Waals surface area contributed by atoms with Gasteiger partial charge in [-0.1, -0.05) is 26.2 Å². The Kier molecular flexibility index (Phi) is 6.12. The molecule has 86 valence electrons. The molecule has 0 saturated carbocycles. The van der Waals surface area contributed by atoms with E-state index in [0.29, 0.717) is 13.2 Å². The van der Waals surface area contributed by atoms with Crippen molar-refractivity contribution in [3.8, 4) is 0 Å². The molecular weight excluding hydrogens is 190 g/mol. The van der Waals surface area contributed by atoms with Crippen LogP contribution in [0.25, 0.3) is 0 Å². The molecule has 0 saturated heterocycles. The molecule has 2 N–H and O–H groups in total. The van der Waals surface area contributed by atoms with E-state index in [-0.39, 0.29) is 0 Å². The van der Waals surface area contributed by atoms with Gasteiger partial charge in [-0.25, -0.2) is 0 Å². The van der Waals surface area contributed by atoms with Gasteiger partial charge in [0.15, 0.2) is 0 Å². The second-order valence-electron chi connectivity index (χ2n) is 3.69. The minimum atomic E-state index is 0.446. The zero-order valence-electron chi connectivity index (χ0n) is 9.50. The third kappa shape index (κ3) is 4.49. The average molecular weight is 211 g/mol. The van der Waals surface area contributed by atoms with Crippen molar-refractivity contribution in [3.05, 3.63) is 23.7 Å². The Labute approximate surface area is 91.6 Å². The number of furan rings is 1. The SMILES string of the molecule is CCCCCCOCc1ccoc1CN. The summed E-state index contributed by atoms with van der Waals surface area (Å²) in [6.07, 6.45) is 6.62. The van der Waals surface area contributed by atoms with Gasteiger partial charge in [0.25, 0.3) is 0 Å². The molecule has 15 heavy (non-hydrogen) atoms. The lowest BCUT2D eigenvalue weighted by molar-refractivity contribution is 0.115. The maximum Gasteiger partial charge on any atom is 0.122 e. The first-order valence-corrected chi connectivity index (χ1v) is 5.71. The Morgan fingerprint density at radius 1 is 1.33 bits per heavy atom. The third-order valence-electron chi connectivity index (χ3n) is 2.42. The first kappa shape index (κ1) is 12.3. The number of nitrogens with two attached hydrogens (primary N) is 1. The first-order chi connectivity index (χ1) is 7.38. The zero-order valence-corrected chi connectivity index (χ0v) is 9.50. The van der Waals surface area contributed by atoms with Crippen LogP contribution in [0.15, 0.2) is 16.7 Å². The summed E-state index contributed by atoms with van der Waals surface area (Å²) in [5, 5.41) is 0. The third-order valence-corrected chi connectivity index (χ3v) is 2.42. The number of rotatable bonds is 8. The molecule has 0 fully saturated rings. The van der Waals surface area contributed by atoms with Gasteiger partial charge in [0.1, 0.15) is 5.76 Å². The van der Waals surface area contributed by atoms with E-state index in [1.807, 2.05) is 6.07 Å². The zero-order chi connectivity index (χ0) is 10.9. The van der Waals surface area contributed by atoms with Crippen LogP contribution in [0.1, 0.15) is 43.9 Å². The van der Waals surface area contributed by atoms with Crippen LogP contribution in [0.2, 0.25) is 0 Å².